The summed E-state index contributed by atoms with van der Waals surface area (Å²) in [5.41, 5.74) is 1.99. The lowest BCUT2D eigenvalue weighted by molar-refractivity contribution is -0.127. The van der Waals surface area contributed by atoms with E-state index in [0.29, 0.717) is 24.1 Å². The average molecular weight is 517 g/mol. The average Bonchev–Trinajstić information content (AvgIpc) is 2.68. The molecule has 0 unspecified atom stereocenters. The van der Waals surface area contributed by atoms with Gasteiger partial charge in [0.1, 0.15) is 5.75 Å². The molecule has 0 heterocycles. The molecule has 0 spiro atoms. The highest BCUT2D eigenvalue weighted by Gasteiger charge is 2.07. The van der Waals surface area contributed by atoms with Gasteiger partial charge in [-0.25, -0.2) is 4.99 Å². The molecule has 0 saturated heterocycles. The molecule has 1 amide bonds. The van der Waals surface area contributed by atoms with Crippen LogP contribution in [-0.4, -0.2) is 44.5 Å². The first-order valence-corrected chi connectivity index (χ1v) is 8.96. The minimum Gasteiger partial charge on any atom is -0.497 e. The number of aliphatic imine (C=N–C) groups is 1. The normalized spacial score (nSPS) is 10.6. The first-order valence-electron chi connectivity index (χ1n) is 8.58. The second kappa shape index (κ2) is 12.5. The molecule has 2 rings (SSSR count). The third-order valence-electron chi connectivity index (χ3n) is 3.89. The van der Waals surface area contributed by atoms with Gasteiger partial charge in [-0.15, -0.1) is 24.0 Å². The Hall–Kier alpha value is -2.00. The molecule has 0 saturated carbocycles. The summed E-state index contributed by atoms with van der Waals surface area (Å²) >= 11 is 6.21. The number of nitrogens with one attached hydrogen (secondary N) is 2. The summed E-state index contributed by atoms with van der Waals surface area (Å²) in [5.74, 6) is 1.31. The van der Waals surface area contributed by atoms with Crippen LogP contribution < -0.4 is 15.4 Å². The number of likely N-dealkylation sites (N-methyl/N-ethyl adjacent to an activating group) is 1. The molecule has 0 bridgehead atoms. The minimum absolute atomic E-state index is 0. The molecule has 0 atom stereocenters. The smallest absolute Gasteiger partial charge is 0.241 e. The van der Waals surface area contributed by atoms with Crippen LogP contribution in [0.2, 0.25) is 5.02 Å². The van der Waals surface area contributed by atoms with Gasteiger partial charge in [-0.05, 0) is 29.3 Å². The van der Waals surface area contributed by atoms with Crippen molar-refractivity contribution in [2.75, 3.05) is 27.7 Å². The van der Waals surface area contributed by atoms with Crippen molar-refractivity contribution in [2.45, 2.75) is 13.1 Å². The molecular weight excluding hydrogens is 491 g/mol. The first-order chi connectivity index (χ1) is 13.0. The van der Waals surface area contributed by atoms with Crippen molar-refractivity contribution in [3.63, 3.8) is 0 Å². The fourth-order valence-corrected chi connectivity index (χ4v) is 2.42. The summed E-state index contributed by atoms with van der Waals surface area (Å²) in [7, 11) is 5.07. The number of guanidine groups is 1. The Morgan fingerprint density at radius 3 is 2.39 bits per heavy atom. The fraction of sp³-hybridized carbons (Fsp3) is 0.300. The molecule has 8 heteroatoms. The molecule has 0 aliphatic carbocycles. The van der Waals surface area contributed by atoms with Crippen LogP contribution in [0.25, 0.3) is 0 Å². The van der Waals surface area contributed by atoms with Crippen molar-refractivity contribution in [2.24, 2.45) is 4.99 Å². The SMILES string of the molecule is COc1ccc(CN=C(NCC(=O)N(C)C)NCc2ccccc2Cl)cc1.I. The third kappa shape index (κ3) is 7.93. The Kier molecular flexibility index (Phi) is 10.7. The number of hydrogen-bond acceptors (Lipinski definition) is 3. The Morgan fingerprint density at radius 1 is 1.11 bits per heavy atom. The zero-order valence-electron chi connectivity index (χ0n) is 16.2. The largest absolute Gasteiger partial charge is 0.497 e. The number of nitrogens with zero attached hydrogens (tertiary/aromatic N) is 2. The van der Waals surface area contributed by atoms with Crippen LogP contribution in [-0.2, 0) is 17.9 Å². The predicted molar refractivity (Wildman–Crippen MR) is 125 cm³/mol. The van der Waals surface area contributed by atoms with Crippen LogP contribution in [0, 0.1) is 0 Å². The van der Waals surface area contributed by atoms with Crippen molar-refractivity contribution in [3.8, 4) is 5.75 Å². The van der Waals surface area contributed by atoms with Gasteiger partial charge in [0.25, 0.3) is 0 Å². The van der Waals surface area contributed by atoms with Gasteiger partial charge in [-0.2, -0.15) is 0 Å². The molecule has 28 heavy (non-hydrogen) atoms. The second-order valence-corrected chi connectivity index (χ2v) is 6.51. The number of ether oxygens (including phenoxy) is 1. The number of hydrogen-bond donors (Lipinski definition) is 2. The van der Waals surface area contributed by atoms with Gasteiger partial charge in [-0.3, -0.25) is 4.79 Å². The molecule has 0 aliphatic rings. The highest BCUT2D eigenvalue weighted by molar-refractivity contribution is 14.0. The number of carbonyl (C=O) groups excluding carboxylic acids is 1. The van der Waals surface area contributed by atoms with Gasteiger partial charge < -0.3 is 20.3 Å². The van der Waals surface area contributed by atoms with E-state index in [1.807, 2.05) is 48.5 Å². The van der Waals surface area contributed by atoms with Crippen LogP contribution in [0.4, 0.5) is 0 Å². The summed E-state index contributed by atoms with van der Waals surface area (Å²) in [5, 5.41) is 6.97. The van der Waals surface area contributed by atoms with Crippen LogP contribution in [0.3, 0.4) is 0 Å². The standard InChI is InChI=1S/C20H25ClN4O2.HI/c1-25(2)19(26)14-24-20(23-13-16-6-4-5-7-18(16)21)22-12-15-8-10-17(27-3)11-9-15;/h4-11H,12-14H2,1-3H3,(H2,22,23,24);1H. The van der Waals surface area contributed by atoms with Crippen LogP contribution in [0.15, 0.2) is 53.5 Å². The van der Waals surface area contributed by atoms with Gasteiger partial charge in [0.05, 0.1) is 20.2 Å². The number of rotatable bonds is 7. The van der Waals surface area contributed by atoms with Crippen molar-refractivity contribution < 1.29 is 9.53 Å². The Bertz CT molecular complexity index is 782. The number of methoxy groups -OCH3 is 1. The van der Waals surface area contributed by atoms with Crippen LogP contribution in [0.5, 0.6) is 5.75 Å². The van der Waals surface area contributed by atoms with Gasteiger partial charge in [-0.1, -0.05) is 41.9 Å². The van der Waals surface area contributed by atoms with Crippen LogP contribution in [0.1, 0.15) is 11.1 Å². The molecule has 0 radical (unpaired) electrons. The fourth-order valence-electron chi connectivity index (χ4n) is 2.21. The summed E-state index contributed by atoms with van der Waals surface area (Å²) in [6.45, 7) is 1.13. The van der Waals surface area contributed by atoms with E-state index in [9.17, 15) is 4.79 Å². The lowest BCUT2D eigenvalue weighted by Crippen LogP contribution is -2.42. The number of carbonyl (C=O) groups is 1. The predicted octanol–water partition coefficient (Wildman–Crippen LogP) is 3.29. The van der Waals surface area contributed by atoms with E-state index >= 15 is 0 Å². The maximum Gasteiger partial charge on any atom is 0.241 e. The van der Waals surface area contributed by atoms with E-state index in [1.165, 1.54) is 4.90 Å². The van der Waals surface area contributed by atoms with E-state index in [-0.39, 0.29) is 36.4 Å². The van der Waals surface area contributed by atoms with E-state index in [0.717, 1.165) is 16.9 Å². The Labute approximate surface area is 188 Å². The van der Waals surface area contributed by atoms with Crippen molar-refractivity contribution >= 4 is 47.4 Å². The zero-order valence-corrected chi connectivity index (χ0v) is 19.3. The maximum absolute atomic E-state index is 11.9. The maximum atomic E-state index is 11.9. The monoisotopic (exact) mass is 516 g/mol. The first kappa shape index (κ1) is 24.0. The molecule has 2 N–H and O–H groups in total. The van der Waals surface area contributed by atoms with Crippen molar-refractivity contribution in [3.05, 3.63) is 64.7 Å². The molecule has 0 aromatic heterocycles. The molecule has 6 nitrogen and oxygen atoms in total. The molecule has 2 aromatic carbocycles. The lowest BCUT2D eigenvalue weighted by atomic mass is 10.2. The molecule has 2 aromatic rings. The summed E-state index contributed by atoms with van der Waals surface area (Å²) in [6, 6.07) is 15.3. The Balaban J connectivity index is 0.00000392. The van der Waals surface area contributed by atoms with Gasteiger partial charge >= 0.3 is 0 Å². The lowest BCUT2D eigenvalue weighted by Gasteiger charge is -2.15. The number of amides is 1. The quantitative estimate of drug-likeness (QED) is 0.337. The molecule has 0 aliphatic heterocycles. The van der Waals surface area contributed by atoms with Gasteiger partial charge in [0.2, 0.25) is 5.91 Å². The summed E-state index contributed by atoms with van der Waals surface area (Å²) in [4.78, 5) is 18.0. The Morgan fingerprint density at radius 2 is 1.79 bits per heavy atom. The number of halogens is 2. The highest BCUT2D eigenvalue weighted by atomic mass is 127. The topological polar surface area (TPSA) is 66.0 Å². The van der Waals surface area contributed by atoms with E-state index in [2.05, 4.69) is 15.6 Å². The molecule has 0 fully saturated rings. The van der Waals surface area contributed by atoms with Crippen LogP contribution >= 0.6 is 35.6 Å². The third-order valence-corrected chi connectivity index (χ3v) is 4.26. The minimum atomic E-state index is -0.0355. The van der Waals surface area contributed by atoms with Crippen molar-refractivity contribution in [1.29, 1.82) is 0 Å². The van der Waals surface area contributed by atoms with E-state index < -0.39 is 0 Å². The molecular formula is C20H26ClIN4O2. The van der Waals surface area contributed by atoms with E-state index in [4.69, 9.17) is 16.3 Å². The number of benzene rings is 2. The van der Waals surface area contributed by atoms with Crippen molar-refractivity contribution in [1.82, 2.24) is 15.5 Å². The highest BCUT2D eigenvalue weighted by Crippen LogP contribution is 2.14. The van der Waals surface area contributed by atoms with E-state index in [1.54, 1.807) is 21.2 Å². The summed E-state index contributed by atoms with van der Waals surface area (Å²) in [6.07, 6.45) is 0. The zero-order chi connectivity index (χ0) is 19.6. The van der Waals surface area contributed by atoms with Gasteiger partial charge in [0, 0.05) is 25.7 Å². The van der Waals surface area contributed by atoms with Gasteiger partial charge in [0.15, 0.2) is 5.96 Å². The summed E-state index contributed by atoms with van der Waals surface area (Å²) < 4.78 is 5.17. The molecule has 152 valence electrons. The second-order valence-electron chi connectivity index (χ2n) is 6.10.